The first-order valence-electron chi connectivity index (χ1n) is 8.53. The van der Waals surface area contributed by atoms with E-state index in [2.05, 4.69) is 14.7 Å². The van der Waals surface area contributed by atoms with Crippen LogP contribution in [0.2, 0.25) is 0 Å². The minimum Gasteiger partial charge on any atom is -0.465 e. The van der Waals surface area contributed by atoms with E-state index in [4.69, 9.17) is 0 Å². The van der Waals surface area contributed by atoms with Gasteiger partial charge in [-0.1, -0.05) is 12.1 Å². The monoisotopic (exact) mass is 425 g/mol. The average Bonchev–Trinajstić information content (AvgIpc) is 3.18. The van der Waals surface area contributed by atoms with E-state index < -0.39 is 16.5 Å². The van der Waals surface area contributed by atoms with Crippen LogP contribution >= 0.6 is 11.3 Å². The second-order valence-electron chi connectivity index (χ2n) is 6.27. The molecule has 0 radical (unpaired) electrons. The molecular weight excluding hydrogens is 413 g/mol. The molecule has 0 aliphatic rings. The Morgan fingerprint density at radius 3 is 2.60 bits per heavy atom. The SMILES string of the molecule is COC(=O)c1cc(-c2nc3scc(-c4ccc(F)cc4)c3c(=O)[nH]2)cc([N+](=O)[O-])c1. The van der Waals surface area contributed by atoms with Gasteiger partial charge >= 0.3 is 5.97 Å². The number of non-ortho nitro benzene ring substituents is 1. The number of nitro groups is 1. The van der Waals surface area contributed by atoms with Crippen LogP contribution in [-0.4, -0.2) is 28.0 Å². The van der Waals surface area contributed by atoms with E-state index in [1.165, 1.54) is 35.6 Å². The summed E-state index contributed by atoms with van der Waals surface area (Å²) >= 11 is 1.21. The van der Waals surface area contributed by atoms with Gasteiger partial charge in [-0.15, -0.1) is 11.3 Å². The maximum atomic E-state index is 13.2. The van der Waals surface area contributed by atoms with Crippen LogP contribution in [0.4, 0.5) is 10.1 Å². The summed E-state index contributed by atoms with van der Waals surface area (Å²) in [4.78, 5) is 42.7. The van der Waals surface area contributed by atoms with Gasteiger partial charge in [0.25, 0.3) is 11.2 Å². The molecule has 1 N–H and O–H groups in total. The highest BCUT2D eigenvalue weighted by Crippen LogP contribution is 2.32. The van der Waals surface area contributed by atoms with E-state index in [1.807, 2.05) is 0 Å². The lowest BCUT2D eigenvalue weighted by atomic mass is 10.1. The summed E-state index contributed by atoms with van der Waals surface area (Å²) in [6, 6.07) is 9.38. The lowest BCUT2D eigenvalue weighted by molar-refractivity contribution is -0.384. The highest BCUT2D eigenvalue weighted by Gasteiger charge is 2.19. The number of esters is 1. The molecule has 0 atom stereocenters. The van der Waals surface area contributed by atoms with E-state index in [0.717, 1.165) is 13.2 Å². The van der Waals surface area contributed by atoms with Crippen molar-refractivity contribution in [3.05, 3.63) is 79.7 Å². The highest BCUT2D eigenvalue weighted by atomic mass is 32.1. The number of carbonyl (C=O) groups excluding carboxylic acids is 1. The Kier molecular flexibility index (Phi) is 4.84. The van der Waals surface area contributed by atoms with Crippen LogP contribution < -0.4 is 5.56 Å². The molecule has 0 aliphatic heterocycles. The first kappa shape index (κ1) is 19.4. The standard InChI is InChI=1S/C20H12FN3O5S/c1-29-20(26)12-6-11(7-14(8-12)24(27)28)17-22-18(25)16-15(9-30-19(16)23-17)10-2-4-13(21)5-3-10/h2-9H,1H3,(H,22,23,25). The molecule has 0 saturated heterocycles. The van der Waals surface area contributed by atoms with Crippen molar-refractivity contribution in [3.8, 4) is 22.5 Å². The normalized spacial score (nSPS) is 10.9. The Balaban J connectivity index is 1.88. The van der Waals surface area contributed by atoms with Crippen molar-refractivity contribution < 1.29 is 18.8 Å². The number of methoxy groups -OCH3 is 1. The van der Waals surface area contributed by atoms with E-state index >= 15 is 0 Å². The largest absolute Gasteiger partial charge is 0.465 e. The number of hydrogen-bond donors (Lipinski definition) is 1. The molecule has 30 heavy (non-hydrogen) atoms. The minimum atomic E-state index is -0.752. The van der Waals surface area contributed by atoms with E-state index in [1.54, 1.807) is 17.5 Å². The van der Waals surface area contributed by atoms with Crippen LogP contribution in [0, 0.1) is 15.9 Å². The predicted octanol–water partition coefficient (Wildman–Crippen LogP) is 4.15. The van der Waals surface area contributed by atoms with Crippen molar-refractivity contribution in [1.82, 2.24) is 9.97 Å². The summed E-state index contributed by atoms with van der Waals surface area (Å²) in [7, 11) is 1.16. The summed E-state index contributed by atoms with van der Waals surface area (Å²) < 4.78 is 17.8. The second kappa shape index (κ2) is 7.48. The number of hydrogen-bond acceptors (Lipinski definition) is 7. The van der Waals surface area contributed by atoms with E-state index in [0.29, 0.717) is 21.3 Å². The molecule has 10 heteroatoms. The number of carbonyl (C=O) groups is 1. The number of halogens is 1. The number of aromatic amines is 1. The van der Waals surface area contributed by atoms with Crippen molar-refractivity contribution in [2.24, 2.45) is 0 Å². The molecule has 0 bridgehead atoms. The molecule has 2 heterocycles. The Bertz CT molecular complexity index is 1360. The van der Waals surface area contributed by atoms with Crippen molar-refractivity contribution in [2.75, 3.05) is 7.11 Å². The molecule has 0 spiro atoms. The van der Waals surface area contributed by atoms with Gasteiger partial charge in [0.2, 0.25) is 0 Å². The van der Waals surface area contributed by atoms with Crippen molar-refractivity contribution in [3.63, 3.8) is 0 Å². The number of ether oxygens (including phenoxy) is 1. The molecule has 2 aromatic carbocycles. The van der Waals surface area contributed by atoms with Gasteiger partial charge in [0.1, 0.15) is 16.5 Å². The molecule has 4 rings (SSSR count). The lowest BCUT2D eigenvalue weighted by Gasteiger charge is -2.05. The number of aromatic nitrogens is 2. The topological polar surface area (TPSA) is 115 Å². The number of nitrogens with one attached hydrogen (secondary N) is 1. The molecular formula is C20H12FN3O5S. The minimum absolute atomic E-state index is 0.0392. The van der Waals surface area contributed by atoms with Crippen molar-refractivity contribution in [2.45, 2.75) is 0 Å². The van der Waals surface area contributed by atoms with Crippen LogP contribution in [0.3, 0.4) is 0 Å². The summed E-state index contributed by atoms with van der Waals surface area (Å²) in [5, 5.41) is 13.3. The zero-order valence-electron chi connectivity index (χ0n) is 15.3. The van der Waals surface area contributed by atoms with Gasteiger partial charge in [-0.25, -0.2) is 14.2 Å². The fraction of sp³-hybridized carbons (Fsp3) is 0.0500. The second-order valence-corrected chi connectivity index (χ2v) is 7.13. The average molecular weight is 425 g/mol. The number of nitro benzene ring substituents is 1. The van der Waals surface area contributed by atoms with Gasteiger partial charge in [0.05, 0.1) is 23.0 Å². The summed E-state index contributed by atoms with van der Waals surface area (Å²) in [5.74, 6) is -1.06. The molecule has 150 valence electrons. The molecule has 0 fully saturated rings. The third-order valence-electron chi connectivity index (χ3n) is 4.42. The van der Waals surface area contributed by atoms with Gasteiger partial charge in [0, 0.05) is 28.6 Å². The fourth-order valence-corrected chi connectivity index (χ4v) is 3.96. The zero-order chi connectivity index (χ0) is 21.4. The molecule has 2 aromatic heterocycles. The first-order valence-corrected chi connectivity index (χ1v) is 9.41. The summed E-state index contributed by atoms with van der Waals surface area (Å²) in [5.41, 5.74) is 0.620. The van der Waals surface area contributed by atoms with Crippen LogP contribution in [0.25, 0.3) is 32.7 Å². The zero-order valence-corrected chi connectivity index (χ0v) is 16.2. The molecule has 0 saturated carbocycles. The van der Waals surface area contributed by atoms with Crippen LogP contribution in [-0.2, 0) is 4.74 Å². The maximum Gasteiger partial charge on any atom is 0.338 e. The predicted molar refractivity (Wildman–Crippen MR) is 109 cm³/mol. The van der Waals surface area contributed by atoms with Crippen LogP contribution in [0.5, 0.6) is 0 Å². The fourth-order valence-electron chi connectivity index (χ4n) is 3.02. The van der Waals surface area contributed by atoms with Crippen LogP contribution in [0.1, 0.15) is 10.4 Å². The number of benzene rings is 2. The van der Waals surface area contributed by atoms with Gasteiger partial charge in [0.15, 0.2) is 0 Å². The van der Waals surface area contributed by atoms with Crippen molar-refractivity contribution >= 4 is 33.2 Å². The Labute approximate surface area is 171 Å². The molecule has 0 unspecified atom stereocenters. The molecule has 0 aliphatic carbocycles. The number of rotatable bonds is 4. The van der Waals surface area contributed by atoms with Gasteiger partial charge < -0.3 is 9.72 Å². The van der Waals surface area contributed by atoms with E-state index in [9.17, 15) is 24.1 Å². The maximum absolute atomic E-state index is 13.2. The van der Waals surface area contributed by atoms with Crippen molar-refractivity contribution in [1.29, 1.82) is 0 Å². The number of fused-ring (bicyclic) bond motifs is 1. The van der Waals surface area contributed by atoms with E-state index in [-0.39, 0.29) is 28.5 Å². The van der Waals surface area contributed by atoms with Crippen LogP contribution in [0.15, 0.2) is 52.6 Å². The summed E-state index contributed by atoms with van der Waals surface area (Å²) in [6.07, 6.45) is 0. The third-order valence-corrected chi connectivity index (χ3v) is 5.29. The number of H-pyrrole nitrogens is 1. The Hall–Kier alpha value is -3.92. The van der Waals surface area contributed by atoms with Gasteiger partial charge in [-0.2, -0.15) is 0 Å². The number of thiophene rings is 1. The van der Waals surface area contributed by atoms with Gasteiger partial charge in [-0.3, -0.25) is 14.9 Å². The lowest BCUT2D eigenvalue weighted by Crippen LogP contribution is -2.10. The Morgan fingerprint density at radius 2 is 1.93 bits per heavy atom. The quantitative estimate of drug-likeness (QED) is 0.298. The first-order chi connectivity index (χ1) is 14.4. The third kappa shape index (κ3) is 3.44. The molecule has 0 amide bonds. The Morgan fingerprint density at radius 1 is 1.20 bits per heavy atom. The molecule has 8 nitrogen and oxygen atoms in total. The summed E-state index contributed by atoms with van der Waals surface area (Å²) in [6.45, 7) is 0. The number of nitrogens with zero attached hydrogens (tertiary/aromatic N) is 2. The smallest absolute Gasteiger partial charge is 0.338 e. The van der Waals surface area contributed by atoms with Gasteiger partial charge in [-0.05, 0) is 23.8 Å². The molecule has 4 aromatic rings. The highest BCUT2D eigenvalue weighted by molar-refractivity contribution is 7.17.